The van der Waals surface area contributed by atoms with Gasteiger partial charge in [-0.2, -0.15) is 0 Å². The number of amides is 1. The topological polar surface area (TPSA) is 46.3 Å². The number of carbonyl (C=O) groups excluding carboxylic acids is 1. The minimum Gasteiger partial charge on any atom is -0.342 e. The lowest BCUT2D eigenvalue weighted by Crippen LogP contribution is -2.44. The van der Waals surface area contributed by atoms with Crippen LogP contribution < -0.4 is 5.73 Å². The number of nitrogens with zero attached hydrogens (tertiary/aromatic N) is 1. The van der Waals surface area contributed by atoms with Crippen LogP contribution in [0.3, 0.4) is 0 Å². The van der Waals surface area contributed by atoms with Crippen molar-refractivity contribution in [2.45, 2.75) is 47.0 Å². The molecule has 0 radical (unpaired) electrons. The van der Waals surface area contributed by atoms with Crippen molar-refractivity contribution < 1.29 is 4.79 Å². The van der Waals surface area contributed by atoms with Crippen molar-refractivity contribution in [3.63, 3.8) is 0 Å². The molecule has 102 valence electrons. The van der Waals surface area contributed by atoms with Crippen molar-refractivity contribution in [2.24, 2.45) is 16.6 Å². The van der Waals surface area contributed by atoms with E-state index in [1.54, 1.807) is 0 Å². The third-order valence-electron chi connectivity index (χ3n) is 4.31. The maximum absolute atomic E-state index is 12.3. The summed E-state index contributed by atoms with van der Waals surface area (Å²) in [5, 5.41) is 0. The Bertz CT molecular complexity index is 262. The van der Waals surface area contributed by atoms with Crippen LogP contribution in [0.25, 0.3) is 0 Å². The van der Waals surface area contributed by atoms with Crippen molar-refractivity contribution in [1.29, 1.82) is 0 Å². The predicted molar refractivity (Wildman–Crippen MR) is 74.3 cm³/mol. The highest BCUT2D eigenvalue weighted by atomic mass is 35.5. The Balaban J connectivity index is 0.00000256. The van der Waals surface area contributed by atoms with Gasteiger partial charge in [0.05, 0.1) is 5.41 Å². The number of carbonyl (C=O) groups is 1. The number of halogens is 1. The first kappa shape index (κ1) is 16.7. The van der Waals surface area contributed by atoms with E-state index in [-0.39, 0.29) is 18.3 Å². The number of rotatable bonds is 4. The van der Waals surface area contributed by atoms with Crippen LogP contribution in [0.1, 0.15) is 47.0 Å². The van der Waals surface area contributed by atoms with Gasteiger partial charge in [0.1, 0.15) is 0 Å². The minimum absolute atomic E-state index is 0. The molecule has 1 rings (SSSR count). The van der Waals surface area contributed by atoms with Gasteiger partial charge in [-0.3, -0.25) is 4.79 Å². The Kier molecular flexibility index (Phi) is 5.95. The Hall–Kier alpha value is -0.280. The van der Waals surface area contributed by atoms with Crippen LogP contribution in [0.2, 0.25) is 0 Å². The average Bonchev–Trinajstić information content (AvgIpc) is 2.73. The molecule has 1 aliphatic rings. The molecule has 0 spiro atoms. The second-order valence-corrected chi connectivity index (χ2v) is 5.77. The maximum atomic E-state index is 12.3. The van der Waals surface area contributed by atoms with Gasteiger partial charge in [0.2, 0.25) is 5.91 Å². The fourth-order valence-electron chi connectivity index (χ4n) is 2.45. The fourth-order valence-corrected chi connectivity index (χ4v) is 2.45. The van der Waals surface area contributed by atoms with Gasteiger partial charge in [0, 0.05) is 19.6 Å². The van der Waals surface area contributed by atoms with Crippen LogP contribution in [0, 0.1) is 10.8 Å². The highest BCUT2D eigenvalue weighted by molar-refractivity contribution is 5.85. The molecule has 0 saturated carbocycles. The van der Waals surface area contributed by atoms with Crippen molar-refractivity contribution in [3.8, 4) is 0 Å². The van der Waals surface area contributed by atoms with Crippen LogP contribution in [0.5, 0.6) is 0 Å². The zero-order valence-corrected chi connectivity index (χ0v) is 12.4. The van der Waals surface area contributed by atoms with Gasteiger partial charge >= 0.3 is 0 Å². The minimum atomic E-state index is -0.405. The maximum Gasteiger partial charge on any atom is 0.229 e. The van der Waals surface area contributed by atoms with E-state index in [2.05, 4.69) is 13.8 Å². The first-order valence-corrected chi connectivity index (χ1v) is 6.40. The second-order valence-electron chi connectivity index (χ2n) is 5.77. The Morgan fingerprint density at radius 2 is 1.88 bits per heavy atom. The lowest BCUT2D eigenvalue weighted by Gasteiger charge is -2.30. The van der Waals surface area contributed by atoms with E-state index < -0.39 is 5.41 Å². The lowest BCUT2D eigenvalue weighted by molar-refractivity contribution is -0.139. The molecular weight excluding hydrogens is 236 g/mol. The molecule has 1 aliphatic heterocycles. The molecule has 0 unspecified atom stereocenters. The molecule has 1 heterocycles. The summed E-state index contributed by atoms with van der Waals surface area (Å²) in [6, 6.07) is 0. The summed E-state index contributed by atoms with van der Waals surface area (Å²) in [6.07, 6.45) is 3.47. The first-order valence-electron chi connectivity index (χ1n) is 6.40. The highest BCUT2D eigenvalue weighted by Crippen LogP contribution is 2.38. The van der Waals surface area contributed by atoms with E-state index in [1.807, 2.05) is 18.7 Å². The van der Waals surface area contributed by atoms with Crippen LogP contribution >= 0.6 is 12.4 Å². The van der Waals surface area contributed by atoms with Crippen LogP contribution in [-0.4, -0.2) is 30.4 Å². The molecule has 0 aromatic carbocycles. The van der Waals surface area contributed by atoms with Gasteiger partial charge in [-0.05, 0) is 38.5 Å². The summed E-state index contributed by atoms with van der Waals surface area (Å²) in [5.74, 6) is 0.221. The third-order valence-corrected chi connectivity index (χ3v) is 4.31. The van der Waals surface area contributed by atoms with E-state index in [1.165, 1.54) is 0 Å². The largest absolute Gasteiger partial charge is 0.342 e. The Morgan fingerprint density at radius 3 is 2.24 bits per heavy atom. The van der Waals surface area contributed by atoms with E-state index in [0.29, 0.717) is 12.0 Å². The summed E-state index contributed by atoms with van der Waals surface area (Å²) in [6.45, 7) is 10.6. The number of likely N-dealkylation sites (tertiary alicyclic amines) is 1. The molecule has 17 heavy (non-hydrogen) atoms. The predicted octanol–water partition coefficient (Wildman–Crippen LogP) is 2.43. The summed E-state index contributed by atoms with van der Waals surface area (Å²) in [7, 11) is 0. The third kappa shape index (κ3) is 3.35. The van der Waals surface area contributed by atoms with Gasteiger partial charge in [0.15, 0.2) is 0 Å². The first-order chi connectivity index (χ1) is 7.40. The number of hydrogen-bond acceptors (Lipinski definition) is 2. The molecule has 1 amide bonds. The van der Waals surface area contributed by atoms with Gasteiger partial charge in [0.25, 0.3) is 0 Å². The second kappa shape index (κ2) is 6.05. The van der Waals surface area contributed by atoms with E-state index in [9.17, 15) is 4.79 Å². The average molecular weight is 263 g/mol. The van der Waals surface area contributed by atoms with Crippen molar-refractivity contribution in [1.82, 2.24) is 4.90 Å². The monoisotopic (exact) mass is 262 g/mol. The molecule has 1 saturated heterocycles. The fraction of sp³-hybridized carbons (Fsp3) is 0.923. The number of hydrogen-bond donors (Lipinski definition) is 1. The molecule has 2 N–H and O–H groups in total. The van der Waals surface area contributed by atoms with Crippen LogP contribution in [0.15, 0.2) is 0 Å². The Morgan fingerprint density at radius 1 is 1.35 bits per heavy atom. The lowest BCUT2D eigenvalue weighted by atomic mass is 9.82. The van der Waals surface area contributed by atoms with E-state index >= 15 is 0 Å². The highest BCUT2D eigenvalue weighted by Gasteiger charge is 2.40. The molecule has 1 fully saturated rings. The zero-order chi connectivity index (χ0) is 12.4. The summed E-state index contributed by atoms with van der Waals surface area (Å²) >= 11 is 0. The standard InChI is InChI=1S/C13H26N2O.ClH/c1-5-13(6-2)7-8-15(10-13)11(16)12(3,4)9-14;/h5-10,14H2,1-4H3;1H. The smallest absolute Gasteiger partial charge is 0.229 e. The summed E-state index contributed by atoms with van der Waals surface area (Å²) in [5.41, 5.74) is 5.62. The van der Waals surface area contributed by atoms with Gasteiger partial charge < -0.3 is 10.6 Å². The molecular formula is C13H27ClN2O. The summed E-state index contributed by atoms with van der Waals surface area (Å²) < 4.78 is 0. The molecule has 0 bridgehead atoms. The van der Waals surface area contributed by atoms with E-state index in [0.717, 1.165) is 32.4 Å². The van der Waals surface area contributed by atoms with Crippen LogP contribution in [-0.2, 0) is 4.79 Å². The van der Waals surface area contributed by atoms with Crippen molar-refractivity contribution in [3.05, 3.63) is 0 Å². The molecule has 0 aliphatic carbocycles. The Labute approximate surface area is 112 Å². The normalized spacial score (nSPS) is 19.0. The molecule has 4 heteroatoms. The van der Waals surface area contributed by atoms with E-state index in [4.69, 9.17) is 5.73 Å². The quantitative estimate of drug-likeness (QED) is 0.846. The molecule has 3 nitrogen and oxygen atoms in total. The summed E-state index contributed by atoms with van der Waals surface area (Å²) in [4.78, 5) is 14.3. The zero-order valence-electron chi connectivity index (χ0n) is 11.6. The van der Waals surface area contributed by atoms with Crippen molar-refractivity contribution in [2.75, 3.05) is 19.6 Å². The van der Waals surface area contributed by atoms with Gasteiger partial charge in [-0.15, -0.1) is 12.4 Å². The molecule has 0 aromatic heterocycles. The van der Waals surface area contributed by atoms with Gasteiger partial charge in [-0.1, -0.05) is 13.8 Å². The van der Waals surface area contributed by atoms with Gasteiger partial charge in [-0.25, -0.2) is 0 Å². The van der Waals surface area contributed by atoms with Crippen LogP contribution in [0.4, 0.5) is 0 Å². The molecule has 0 atom stereocenters. The SMILES string of the molecule is CCC1(CC)CCN(C(=O)C(C)(C)CN)C1.Cl. The van der Waals surface area contributed by atoms with Crippen molar-refractivity contribution >= 4 is 18.3 Å². The molecule has 0 aromatic rings. The number of nitrogens with two attached hydrogens (primary N) is 1.